The number of rotatable bonds is 5. The second-order valence-electron chi connectivity index (χ2n) is 3.22. The van der Waals surface area contributed by atoms with Crippen molar-refractivity contribution in [2.45, 2.75) is 12.8 Å². The van der Waals surface area contributed by atoms with Gasteiger partial charge in [-0.25, -0.2) is 4.79 Å². The Hall–Kier alpha value is -1.45. The molecule has 1 rings (SSSR count). The molecule has 0 saturated heterocycles. The first-order valence-corrected chi connectivity index (χ1v) is 4.65. The standard InChI is InChI=1S/C11H12F2O2/c12-3-1-8-5-9(2-4-13)7-10(6-8)11(14)15/h5-7H,1-4H2,(H,14,15). The fourth-order valence-corrected chi connectivity index (χ4v) is 1.39. The zero-order valence-corrected chi connectivity index (χ0v) is 8.17. The third kappa shape index (κ3) is 3.31. The van der Waals surface area contributed by atoms with E-state index in [0.717, 1.165) is 0 Å². The lowest BCUT2D eigenvalue weighted by Crippen LogP contribution is -2.01. The van der Waals surface area contributed by atoms with Gasteiger partial charge >= 0.3 is 5.97 Å². The van der Waals surface area contributed by atoms with Crippen LogP contribution in [0.1, 0.15) is 21.5 Å². The number of carboxylic acid groups (broad SMARTS) is 1. The highest BCUT2D eigenvalue weighted by molar-refractivity contribution is 5.88. The lowest BCUT2D eigenvalue weighted by molar-refractivity contribution is 0.0696. The maximum Gasteiger partial charge on any atom is 0.335 e. The van der Waals surface area contributed by atoms with Gasteiger partial charge in [0.25, 0.3) is 0 Å². The van der Waals surface area contributed by atoms with E-state index in [1.807, 2.05) is 0 Å². The van der Waals surface area contributed by atoms with Gasteiger partial charge in [-0.1, -0.05) is 6.07 Å². The maximum absolute atomic E-state index is 12.1. The topological polar surface area (TPSA) is 37.3 Å². The molecule has 0 atom stereocenters. The van der Waals surface area contributed by atoms with Crippen molar-refractivity contribution < 1.29 is 18.7 Å². The summed E-state index contributed by atoms with van der Waals surface area (Å²) in [6, 6.07) is 4.49. The third-order valence-electron chi connectivity index (χ3n) is 2.07. The van der Waals surface area contributed by atoms with Crippen molar-refractivity contribution in [2.24, 2.45) is 0 Å². The average molecular weight is 214 g/mol. The van der Waals surface area contributed by atoms with Gasteiger partial charge in [0.15, 0.2) is 0 Å². The molecule has 0 aromatic heterocycles. The number of hydrogen-bond donors (Lipinski definition) is 1. The SMILES string of the molecule is O=C(O)c1cc(CCF)cc(CCF)c1. The molecule has 1 N–H and O–H groups in total. The van der Waals surface area contributed by atoms with Crippen LogP contribution in [0, 0.1) is 0 Å². The van der Waals surface area contributed by atoms with Crippen molar-refractivity contribution in [2.75, 3.05) is 13.3 Å². The minimum Gasteiger partial charge on any atom is -0.478 e. The van der Waals surface area contributed by atoms with Gasteiger partial charge in [-0.05, 0) is 23.3 Å². The first kappa shape index (κ1) is 11.6. The van der Waals surface area contributed by atoms with Gasteiger partial charge in [-0.2, -0.15) is 0 Å². The summed E-state index contributed by atoms with van der Waals surface area (Å²) < 4.78 is 24.2. The molecule has 0 fully saturated rings. The first-order valence-electron chi connectivity index (χ1n) is 4.65. The largest absolute Gasteiger partial charge is 0.478 e. The van der Waals surface area contributed by atoms with Crippen LogP contribution in [0.2, 0.25) is 0 Å². The molecular weight excluding hydrogens is 202 g/mol. The number of carbonyl (C=O) groups is 1. The van der Waals surface area contributed by atoms with E-state index in [2.05, 4.69) is 0 Å². The Balaban J connectivity index is 3.02. The monoisotopic (exact) mass is 214 g/mol. The Labute approximate surface area is 86.5 Å². The number of halogens is 2. The van der Waals surface area contributed by atoms with Crippen molar-refractivity contribution in [3.05, 3.63) is 34.9 Å². The highest BCUT2D eigenvalue weighted by atomic mass is 19.1. The number of hydrogen-bond acceptors (Lipinski definition) is 1. The van der Waals surface area contributed by atoms with E-state index in [1.54, 1.807) is 6.07 Å². The van der Waals surface area contributed by atoms with Gasteiger partial charge in [0, 0.05) is 12.8 Å². The van der Waals surface area contributed by atoms with Crippen molar-refractivity contribution in [3.63, 3.8) is 0 Å². The summed E-state index contributed by atoms with van der Waals surface area (Å²) in [5.74, 6) is -1.07. The molecule has 0 bridgehead atoms. The first-order chi connectivity index (χ1) is 7.17. The van der Waals surface area contributed by atoms with E-state index in [1.165, 1.54) is 12.1 Å². The van der Waals surface area contributed by atoms with Gasteiger partial charge in [0.05, 0.1) is 18.9 Å². The van der Waals surface area contributed by atoms with Crippen LogP contribution < -0.4 is 0 Å². The minimum atomic E-state index is -1.07. The van der Waals surface area contributed by atoms with Crippen LogP contribution in [-0.2, 0) is 12.8 Å². The Morgan fingerprint density at radius 3 is 1.87 bits per heavy atom. The number of benzene rings is 1. The van der Waals surface area contributed by atoms with E-state index in [-0.39, 0.29) is 18.4 Å². The van der Waals surface area contributed by atoms with Gasteiger partial charge in [-0.3, -0.25) is 8.78 Å². The van der Waals surface area contributed by atoms with Crippen LogP contribution in [0.15, 0.2) is 18.2 Å². The Kier molecular flexibility index (Phi) is 4.21. The van der Waals surface area contributed by atoms with E-state index >= 15 is 0 Å². The lowest BCUT2D eigenvalue weighted by atomic mass is 10.0. The summed E-state index contributed by atoms with van der Waals surface area (Å²) in [7, 11) is 0. The van der Waals surface area contributed by atoms with Gasteiger partial charge < -0.3 is 5.11 Å². The molecule has 1 aromatic rings. The molecule has 0 aliphatic rings. The number of alkyl halides is 2. The molecule has 0 aliphatic carbocycles. The van der Waals surface area contributed by atoms with E-state index in [0.29, 0.717) is 11.1 Å². The van der Waals surface area contributed by atoms with Crippen LogP contribution in [0.25, 0.3) is 0 Å². The molecule has 2 nitrogen and oxygen atoms in total. The number of aryl methyl sites for hydroxylation is 2. The molecular formula is C11H12F2O2. The van der Waals surface area contributed by atoms with Crippen LogP contribution in [0.3, 0.4) is 0 Å². The molecule has 82 valence electrons. The predicted octanol–water partition coefficient (Wildman–Crippen LogP) is 2.41. The maximum atomic E-state index is 12.1. The molecule has 0 saturated carbocycles. The Bertz CT molecular complexity index is 326. The zero-order valence-electron chi connectivity index (χ0n) is 8.17. The van der Waals surface area contributed by atoms with Crippen molar-refractivity contribution >= 4 is 5.97 Å². The Morgan fingerprint density at radius 2 is 1.53 bits per heavy atom. The summed E-state index contributed by atoms with van der Waals surface area (Å²) in [4.78, 5) is 10.7. The molecule has 0 unspecified atom stereocenters. The predicted molar refractivity (Wildman–Crippen MR) is 52.8 cm³/mol. The zero-order chi connectivity index (χ0) is 11.3. The van der Waals surface area contributed by atoms with E-state index in [4.69, 9.17) is 5.11 Å². The summed E-state index contributed by atoms with van der Waals surface area (Å²) in [6.45, 7) is -1.09. The summed E-state index contributed by atoms with van der Waals surface area (Å²) in [6.07, 6.45) is 0.334. The van der Waals surface area contributed by atoms with Gasteiger partial charge in [0.1, 0.15) is 0 Å². The molecule has 0 radical (unpaired) electrons. The third-order valence-corrected chi connectivity index (χ3v) is 2.07. The molecule has 15 heavy (non-hydrogen) atoms. The second-order valence-corrected chi connectivity index (χ2v) is 3.22. The summed E-state index contributed by atoms with van der Waals surface area (Å²) in [5.41, 5.74) is 1.28. The van der Waals surface area contributed by atoms with Gasteiger partial charge in [0.2, 0.25) is 0 Å². The quantitative estimate of drug-likeness (QED) is 0.817. The summed E-state index contributed by atoms with van der Waals surface area (Å²) in [5, 5.41) is 8.78. The molecule has 4 heteroatoms. The average Bonchev–Trinajstić information content (AvgIpc) is 2.18. The second kappa shape index (κ2) is 5.44. The highest BCUT2D eigenvalue weighted by Gasteiger charge is 2.07. The van der Waals surface area contributed by atoms with Crippen LogP contribution in [0.4, 0.5) is 8.78 Å². The van der Waals surface area contributed by atoms with Crippen LogP contribution in [0.5, 0.6) is 0 Å². The Morgan fingerprint density at radius 1 is 1.07 bits per heavy atom. The fourth-order valence-electron chi connectivity index (χ4n) is 1.39. The molecule has 0 amide bonds. The number of carboxylic acids is 1. The van der Waals surface area contributed by atoms with Crippen molar-refractivity contribution in [1.82, 2.24) is 0 Å². The van der Waals surface area contributed by atoms with Gasteiger partial charge in [-0.15, -0.1) is 0 Å². The minimum absolute atomic E-state index is 0.0874. The highest BCUT2D eigenvalue weighted by Crippen LogP contribution is 2.12. The fraction of sp³-hybridized carbons (Fsp3) is 0.364. The lowest BCUT2D eigenvalue weighted by Gasteiger charge is -2.04. The molecule has 0 aliphatic heterocycles. The van der Waals surface area contributed by atoms with Crippen LogP contribution >= 0.6 is 0 Å². The molecule has 0 heterocycles. The molecule has 0 spiro atoms. The smallest absolute Gasteiger partial charge is 0.335 e. The normalized spacial score (nSPS) is 10.3. The summed E-state index contributed by atoms with van der Waals surface area (Å²) >= 11 is 0. The number of aromatic carboxylic acids is 1. The van der Waals surface area contributed by atoms with Crippen LogP contribution in [-0.4, -0.2) is 24.4 Å². The van der Waals surface area contributed by atoms with E-state index in [9.17, 15) is 13.6 Å². The van der Waals surface area contributed by atoms with E-state index < -0.39 is 19.3 Å². The van der Waals surface area contributed by atoms with Crippen molar-refractivity contribution in [3.8, 4) is 0 Å². The molecule has 1 aromatic carbocycles. The van der Waals surface area contributed by atoms with Crippen molar-refractivity contribution in [1.29, 1.82) is 0 Å².